The zero-order valence-electron chi connectivity index (χ0n) is 20.8. The van der Waals surface area contributed by atoms with E-state index in [1.165, 1.54) is 12.1 Å². The molecule has 1 aliphatic rings. The Morgan fingerprint density at radius 1 is 1.16 bits per heavy atom. The Bertz CT molecular complexity index is 1270. The van der Waals surface area contributed by atoms with Crippen LogP contribution in [0, 0.1) is 5.41 Å². The number of nitrogens with two attached hydrogens (primary N) is 1. The van der Waals surface area contributed by atoms with Crippen molar-refractivity contribution in [2.75, 3.05) is 18.0 Å². The van der Waals surface area contributed by atoms with Gasteiger partial charge in [0.15, 0.2) is 5.84 Å². The third kappa shape index (κ3) is 7.28. The van der Waals surface area contributed by atoms with Gasteiger partial charge in [-0.15, -0.1) is 13.2 Å². The second kappa shape index (κ2) is 10.6. The molecule has 0 saturated carbocycles. The van der Waals surface area contributed by atoms with Crippen molar-refractivity contribution in [1.29, 1.82) is 0 Å². The Labute approximate surface area is 212 Å². The summed E-state index contributed by atoms with van der Waals surface area (Å²) in [4.78, 5) is 19.7. The summed E-state index contributed by atoms with van der Waals surface area (Å²) in [6.45, 7) is 8.65. The summed E-state index contributed by atoms with van der Waals surface area (Å²) in [6.07, 6.45) is -0.733. The predicted molar refractivity (Wildman–Crippen MR) is 133 cm³/mol. The SMILES string of the molecule is CC(=NCc1ccnc(N2CCC(C)(C)CC2)c1)N=C(N)c1nc(-c2ccc(OC(F)(F)F)cc2)no1. The number of pyridine rings is 1. The fraction of sp³-hybridized carbons (Fsp3) is 0.400. The lowest BCUT2D eigenvalue weighted by Crippen LogP contribution is -2.37. The van der Waals surface area contributed by atoms with Crippen LogP contribution >= 0.6 is 0 Å². The van der Waals surface area contributed by atoms with E-state index in [2.05, 4.69) is 48.6 Å². The molecule has 0 spiro atoms. The van der Waals surface area contributed by atoms with Crippen molar-refractivity contribution >= 4 is 17.5 Å². The molecule has 196 valence electrons. The second-order valence-electron chi connectivity index (χ2n) is 9.53. The number of rotatable bonds is 6. The normalized spacial score (nSPS) is 16.6. The van der Waals surface area contributed by atoms with Crippen LogP contribution in [0.5, 0.6) is 5.75 Å². The van der Waals surface area contributed by atoms with Crippen LogP contribution in [0.3, 0.4) is 0 Å². The fourth-order valence-corrected chi connectivity index (χ4v) is 3.79. The summed E-state index contributed by atoms with van der Waals surface area (Å²) in [6, 6.07) is 9.02. The van der Waals surface area contributed by atoms with Crippen molar-refractivity contribution in [3.05, 3.63) is 54.0 Å². The monoisotopic (exact) mass is 515 g/mol. The van der Waals surface area contributed by atoms with Gasteiger partial charge in [-0.25, -0.2) is 9.98 Å². The molecule has 1 saturated heterocycles. The molecule has 37 heavy (non-hydrogen) atoms. The van der Waals surface area contributed by atoms with Gasteiger partial charge in [0, 0.05) is 24.8 Å². The number of ether oxygens (including phenoxy) is 1. The molecule has 0 bridgehead atoms. The molecule has 0 amide bonds. The highest BCUT2D eigenvalue weighted by Crippen LogP contribution is 2.31. The van der Waals surface area contributed by atoms with Gasteiger partial charge in [-0.2, -0.15) is 4.98 Å². The Morgan fingerprint density at radius 2 is 1.86 bits per heavy atom. The second-order valence-corrected chi connectivity index (χ2v) is 9.53. The zero-order chi connectivity index (χ0) is 26.6. The number of hydrogen-bond acceptors (Lipinski definition) is 7. The van der Waals surface area contributed by atoms with Gasteiger partial charge < -0.3 is 19.9 Å². The van der Waals surface area contributed by atoms with Crippen molar-refractivity contribution in [3.8, 4) is 17.1 Å². The van der Waals surface area contributed by atoms with Crippen LogP contribution in [0.4, 0.5) is 19.0 Å². The van der Waals surface area contributed by atoms with Crippen LogP contribution in [0.25, 0.3) is 11.4 Å². The van der Waals surface area contributed by atoms with E-state index >= 15 is 0 Å². The van der Waals surface area contributed by atoms with Crippen molar-refractivity contribution in [2.45, 2.75) is 46.5 Å². The molecule has 4 rings (SSSR count). The van der Waals surface area contributed by atoms with Crippen molar-refractivity contribution in [2.24, 2.45) is 21.1 Å². The van der Waals surface area contributed by atoms with E-state index in [0.717, 1.165) is 49.4 Å². The summed E-state index contributed by atoms with van der Waals surface area (Å²) in [5.41, 5.74) is 7.79. The average Bonchev–Trinajstić information content (AvgIpc) is 3.33. The third-order valence-electron chi connectivity index (χ3n) is 6.01. The molecule has 12 heteroatoms. The molecule has 0 atom stereocenters. The van der Waals surface area contributed by atoms with Gasteiger partial charge in [0.2, 0.25) is 5.82 Å². The first-order chi connectivity index (χ1) is 17.5. The summed E-state index contributed by atoms with van der Waals surface area (Å²) < 4.78 is 46.0. The molecule has 0 aliphatic carbocycles. The van der Waals surface area contributed by atoms with Crippen molar-refractivity contribution in [3.63, 3.8) is 0 Å². The third-order valence-corrected chi connectivity index (χ3v) is 6.01. The minimum atomic E-state index is -4.77. The van der Waals surface area contributed by atoms with Gasteiger partial charge in [-0.1, -0.05) is 19.0 Å². The standard InChI is InChI=1S/C25H28F3N7O2/c1-16(31-15-17-8-11-30-20(14-17)35-12-9-24(2,3)10-13-35)32-21(29)23-33-22(34-37-23)18-4-6-19(7-5-18)36-25(26,27)28/h4-8,11,14H,9-10,12-13,15H2,1-3H3,(H2,29,31,32). The quantitative estimate of drug-likeness (QED) is 0.364. The molecular formula is C25H28F3N7O2. The van der Waals surface area contributed by atoms with Crippen molar-refractivity contribution < 1.29 is 22.4 Å². The molecule has 1 aliphatic heterocycles. The van der Waals surface area contributed by atoms with Gasteiger partial charge in [-0.3, -0.25) is 4.99 Å². The molecule has 3 aromatic rings. The smallest absolute Gasteiger partial charge is 0.406 e. The van der Waals surface area contributed by atoms with Crippen LogP contribution in [-0.4, -0.2) is 46.2 Å². The fourth-order valence-electron chi connectivity index (χ4n) is 3.79. The number of aromatic nitrogens is 3. The predicted octanol–water partition coefficient (Wildman–Crippen LogP) is 4.98. The summed E-state index contributed by atoms with van der Waals surface area (Å²) in [5.74, 6) is 1.10. The van der Waals surface area contributed by atoms with E-state index in [1.54, 1.807) is 13.1 Å². The molecule has 1 fully saturated rings. The largest absolute Gasteiger partial charge is 0.573 e. The number of hydrogen-bond donors (Lipinski definition) is 1. The lowest BCUT2D eigenvalue weighted by molar-refractivity contribution is -0.274. The van der Waals surface area contributed by atoms with E-state index in [-0.39, 0.29) is 23.3 Å². The molecular weight excluding hydrogens is 487 g/mol. The Balaban J connectivity index is 1.38. The van der Waals surface area contributed by atoms with Crippen LogP contribution < -0.4 is 15.4 Å². The Hall–Kier alpha value is -3.96. The minimum Gasteiger partial charge on any atom is -0.406 e. The molecule has 0 radical (unpaired) electrons. The van der Waals surface area contributed by atoms with E-state index in [4.69, 9.17) is 10.3 Å². The van der Waals surface area contributed by atoms with Gasteiger partial charge in [-0.05, 0) is 67.1 Å². The van der Waals surface area contributed by atoms with Crippen molar-refractivity contribution in [1.82, 2.24) is 15.1 Å². The lowest BCUT2D eigenvalue weighted by atomic mass is 9.83. The molecule has 3 heterocycles. The number of anilines is 1. The van der Waals surface area contributed by atoms with Gasteiger partial charge in [0.05, 0.1) is 6.54 Å². The zero-order valence-corrected chi connectivity index (χ0v) is 20.8. The number of piperidine rings is 1. The maximum atomic E-state index is 12.3. The number of aliphatic imine (C=N–C) groups is 2. The first kappa shape index (κ1) is 26.1. The highest BCUT2D eigenvalue weighted by molar-refractivity contribution is 6.02. The molecule has 0 unspecified atom stereocenters. The average molecular weight is 516 g/mol. The number of nitrogens with zero attached hydrogens (tertiary/aromatic N) is 6. The van der Waals surface area contributed by atoms with Crippen LogP contribution in [-0.2, 0) is 6.54 Å². The van der Waals surface area contributed by atoms with E-state index < -0.39 is 6.36 Å². The van der Waals surface area contributed by atoms with E-state index in [0.29, 0.717) is 23.4 Å². The van der Waals surface area contributed by atoms with Gasteiger partial charge >= 0.3 is 6.36 Å². The molecule has 9 nitrogen and oxygen atoms in total. The first-order valence-electron chi connectivity index (χ1n) is 11.7. The Morgan fingerprint density at radius 3 is 2.54 bits per heavy atom. The van der Waals surface area contributed by atoms with E-state index in [1.807, 2.05) is 12.1 Å². The summed E-state index contributed by atoms with van der Waals surface area (Å²) in [5, 5.41) is 3.81. The van der Waals surface area contributed by atoms with Gasteiger partial charge in [0.25, 0.3) is 5.89 Å². The van der Waals surface area contributed by atoms with Crippen LogP contribution in [0.15, 0.2) is 57.1 Å². The van der Waals surface area contributed by atoms with Gasteiger partial charge in [0.1, 0.15) is 17.4 Å². The summed E-state index contributed by atoms with van der Waals surface area (Å²) >= 11 is 0. The number of benzene rings is 1. The molecule has 2 aromatic heterocycles. The summed E-state index contributed by atoms with van der Waals surface area (Å²) in [7, 11) is 0. The minimum absolute atomic E-state index is 0.0247. The molecule has 2 N–H and O–H groups in total. The highest BCUT2D eigenvalue weighted by atomic mass is 19.4. The number of amidine groups is 2. The maximum absolute atomic E-state index is 12.3. The Kier molecular flexibility index (Phi) is 7.46. The molecule has 1 aromatic carbocycles. The number of halogens is 3. The first-order valence-corrected chi connectivity index (χ1v) is 11.7. The van der Waals surface area contributed by atoms with E-state index in [9.17, 15) is 13.2 Å². The van der Waals surface area contributed by atoms with Crippen LogP contribution in [0.1, 0.15) is 45.1 Å². The lowest BCUT2D eigenvalue weighted by Gasteiger charge is -2.37. The highest BCUT2D eigenvalue weighted by Gasteiger charge is 2.31. The topological polar surface area (TPSA) is 115 Å². The number of alkyl halides is 3. The van der Waals surface area contributed by atoms with Crippen LogP contribution in [0.2, 0.25) is 0 Å². The maximum Gasteiger partial charge on any atom is 0.573 e.